The van der Waals surface area contributed by atoms with Crippen LogP contribution in [0.3, 0.4) is 0 Å². The molecule has 0 radical (unpaired) electrons. The first kappa shape index (κ1) is 18.6. The lowest BCUT2D eigenvalue weighted by Gasteiger charge is -2.18. The SMILES string of the molecule is CCC(CC)NCc1ccc(OCC(=O)N2CCCC2)c(OC)c1. The molecular weight excluding hydrogens is 304 g/mol. The molecule has 1 aliphatic rings. The normalized spacial score (nSPS) is 14.2. The fraction of sp³-hybridized carbons (Fsp3) is 0.632. The predicted octanol–water partition coefficient (Wildman–Crippen LogP) is 2.97. The molecule has 1 heterocycles. The molecule has 134 valence electrons. The Morgan fingerprint density at radius 3 is 2.54 bits per heavy atom. The summed E-state index contributed by atoms with van der Waals surface area (Å²) in [6.45, 7) is 6.95. The fourth-order valence-electron chi connectivity index (χ4n) is 2.98. The number of hydrogen-bond donors (Lipinski definition) is 1. The third-order valence-electron chi connectivity index (χ3n) is 4.62. The Kier molecular flexibility index (Phi) is 7.37. The number of amides is 1. The molecule has 0 aliphatic carbocycles. The Balaban J connectivity index is 1.91. The zero-order chi connectivity index (χ0) is 17.4. The number of nitrogens with one attached hydrogen (secondary N) is 1. The van der Waals surface area contributed by atoms with E-state index >= 15 is 0 Å². The minimum absolute atomic E-state index is 0.0500. The molecule has 0 unspecified atom stereocenters. The van der Waals surface area contributed by atoms with Crippen LogP contribution in [0, 0.1) is 0 Å². The summed E-state index contributed by atoms with van der Waals surface area (Å²) in [5.41, 5.74) is 1.15. The molecule has 1 aromatic carbocycles. The highest BCUT2D eigenvalue weighted by molar-refractivity contribution is 5.78. The molecule has 0 bridgehead atoms. The van der Waals surface area contributed by atoms with Crippen molar-refractivity contribution >= 4 is 5.91 Å². The molecule has 1 aromatic rings. The summed E-state index contributed by atoms with van der Waals surface area (Å²) in [4.78, 5) is 13.9. The van der Waals surface area contributed by atoms with Crippen molar-refractivity contribution in [2.45, 2.75) is 52.1 Å². The molecule has 1 amide bonds. The van der Waals surface area contributed by atoms with E-state index in [4.69, 9.17) is 9.47 Å². The fourth-order valence-corrected chi connectivity index (χ4v) is 2.98. The number of methoxy groups -OCH3 is 1. The Morgan fingerprint density at radius 2 is 1.92 bits per heavy atom. The average molecular weight is 334 g/mol. The van der Waals surface area contributed by atoms with Crippen LogP contribution in [0.2, 0.25) is 0 Å². The lowest BCUT2D eigenvalue weighted by molar-refractivity contribution is -0.132. The number of hydrogen-bond acceptors (Lipinski definition) is 4. The molecule has 2 rings (SSSR count). The summed E-state index contributed by atoms with van der Waals surface area (Å²) in [6.07, 6.45) is 4.42. The van der Waals surface area contributed by atoms with Crippen LogP contribution in [0.5, 0.6) is 11.5 Å². The summed E-state index contributed by atoms with van der Waals surface area (Å²) in [6, 6.07) is 6.42. The van der Waals surface area contributed by atoms with Crippen molar-refractivity contribution < 1.29 is 14.3 Å². The van der Waals surface area contributed by atoms with Gasteiger partial charge in [0.25, 0.3) is 5.91 Å². The zero-order valence-electron chi connectivity index (χ0n) is 15.1. The first-order chi connectivity index (χ1) is 11.7. The van der Waals surface area contributed by atoms with E-state index in [0.717, 1.165) is 50.9 Å². The van der Waals surface area contributed by atoms with Gasteiger partial charge in [0.05, 0.1) is 7.11 Å². The van der Waals surface area contributed by atoms with Crippen LogP contribution in [-0.2, 0) is 11.3 Å². The van der Waals surface area contributed by atoms with Gasteiger partial charge in [0, 0.05) is 25.7 Å². The van der Waals surface area contributed by atoms with E-state index in [9.17, 15) is 4.79 Å². The molecule has 24 heavy (non-hydrogen) atoms. The minimum Gasteiger partial charge on any atom is -0.493 e. The molecule has 0 saturated carbocycles. The van der Waals surface area contributed by atoms with Crippen LogP contribution in [0.4, 0.5) is 0 Å². The molecular formula is C19H30N2O3. The van der Waals surface area contributed by atoms with Gasteiger partial charge in [-0.25, -0.2) is 0 Å². The average Bonchev–Trinajstić information content (AvgIpc) is 3.15. The van der Waals surface area contributed by atoms with Crippen molar-refractivity contribution in [3.05, 3.63) is 23.8 Å². The van der Waals surface area contributed by atoms with Crippen molar-refractivity contribution in [3.8, 4) is 11.5 Å². The molecule has 1 aliphatic heterocycles. The predicted molar refractivity (Wildman–Crippen MR) is 95.5 cm³/mol. The number of carbonyl (C=O) groups excluding carboxylic acids is 1. The van der Waals surface area contributed by atoms with Crippen LogP contribution in [0.25, 0.3) is 0 Å². The molecule has 1 N–H and O–H groups in total. The Morgan fingerprint density at radius 1 is 1.21 bits per heavy atom. The topological polar surface area (TPSA) is 50.8 Å². The van der Waals surface area contributed by atoms with Crippen LogP contribution in [0.1, 0.15) is 45.1 Å². The molecule has 0 spiro atoms. The summed E-state index contributed by atoms with van der Waals surface area (Å²) in [7, 11) is 1.63. The first-order valence-corrected chi connectivity index (χ1v) is 8.98. The quantitative estimate of drug-likeness (QED) is 0.754. The van der Waals surface area contributed by atoms with E-state index in [0.29, 0.717) is 17.5 Å². The van der Waals surface area contributed by atoms with E-state index in [1.807, 2.05) is 23.1 Å². The van der Waals surface area contributed by atoms with E-state index in [-0.39, 0.29) is 12.5 Å². The number of benzene rings is 1. The third kappa shape index (κ3) is 5.13. The van der Waals surface area contributed by atoms with Crippen LogP contribution in [-0.4, -0.2) is 43.7 Å². The van der Waals surface area contributed by atoms with E-state index in [1.54, 1.807) is 7.11 Å². The summed E-state index contributed by atoms with van der Waals surface area (Å²) >= 11 is 0. The van der Waals surface area contributed by atoms with Crippen molar-refractivity contribution in [3.63, 3.8) is 0 Å². The molecule has 5 nitrogen and oxygen atoms in total. The van der Waals surface area contributed by atoms with E-state index in [2.05, 4.69) is 19.2 Å². The number of likely N-dealkylation sites (tertiary alicyclic amines) is 1. The minimum atomic E-state index is 0.0500. The zero-order valence-corrected chi connectivity index (χ0v) is 15.1. The number of ether oxygens (including phenoxy) is 2. The molecule has 5 heteroatoms. The standard InChI is InChI=1S/C19H30N2O3/c1-4-16(5-2)20-13-15-8-9-17(18(12-15)23-3)24-14-19(22)21-10-6-7-11-21/h8-9,12,16,20H,4-7,10-11,13-14H2,1-3H3. The van der Waals surface area contributed by atoms with Gasteiger partial charge in [0.1, 0.15) is 0 Å². The van der Waals surface area contributed by atoms with Gasteiger partial charge in [0.2, 0.25) is 0 Å². The van der Waals surface area contributed by atoms with Gasteiger partial charge in [-0.1, -0.05) is 19.9 Å². The summed E-state index contributed by atoms with van der Waals surface area (Å²) in [5, 5.41) is 3.54. The third-order valence-corrected chi connectivity index (χ3v) is 4.62. The first-order valence-electron chi connectivity index (χ1n) is 8.98. The monoisotopic (exact) mass is 334 g/mol. The van der Waals surface area contributed by atoms with Crippen LogP contribution < -0.4 is 14.8 Å². The van der Waals surface area contributed by atoms with Gasteiger partial charge < -0.3 is 19.7 Å². The highest BCUT2D eigenvalue weighted by Gasteiger charge is 2.18. The largest absolute Gasteiger partial charge is 0.493 e. The molecule has 1 saturated heterocycles. The Bertz CT molecular complexity index is 523. The van der Waals surface area contributed by atoms with Crippen LogP contribution >= 0.6 is 0 Å². The highest BCUT2D eigenvalue weighted by atomic mass is 16.5. The highest BCUT2D eigenvalue weighted by Crippen LogP contribution is 2.28. The van der Waals surface area contributed by atoms with Gasteiger partial charge in [-0.05, 0) is 43.4 Å². The number of nitrogens with zero attached hydrogens (tertiary/aromatic N) is 1. The van der Waals surface area contributed by atoms with E-state index < -0.39 is 0 Å². The Labute approximate surface area is 145 Å². The molecule has 0 aromatic heterocycles. The number of carbonyl (C=O) groups is 1. The second-order valence-corrected chi connectivity index (χ2v) is 6.26. The van der Waals surface area contributed by atoms with Crippen molar-refractivity contribution in [1.29, 1.82) is 0 Å². The lowest BCUT2D eigenvalue weighted by atomic mass is 10.1. The van der Waals surface area contributed by atoms with Crippen molar-refractivity contribution in [2.24, 2.45) is 0 Å². The summed E-state index contributed by atoms with van der Waals surface area (Å²) in [5.74, 6) is 1.35. The van der Waals surface area contributed by atoms with Gasteiger partial charge in [-0.2, -0.15) is 0 Å². The van der Waals surface area contributed by atoms with E-state index in [1.165, 1.54) is 0 Å². The maximum Gasteiger partial charge on any atom is 0.260 e. The lowest BCUT2D eigenvalue weighted by Crippen LogP contribution is -2.32. The second kappa shape index (κ2) is 9.52. The maximum atomic E-state index is 12.1. The van der Waals surface area contributed by atoms with Gasteiger partial charge in [-0.3, -0.25) is 4.79 Å². The van der Waals surface area contributed by atoms with Gasteiger partial charge in [0.15, 0.2) is 18.1 Å². The smallest absolute Gasteiger partial charge is 0.260 e. The Hall–Kier alpha value is -1.75. The summed E-state index contributed by atoms with van der Waals surface area (Å²) < 4.78 is 11.1. The second-order valence-electron chi connectivity index (χ2n) is 6.26. The van der Waals surface area contributed by atoms with Crippen LogP contribution in [0.15, 0.2) is 18.2 Å². The van der Waals surface area contributed by atoms with Crippen molar-refractivity contribution in [2.75, 3.05) is 26.8 Å². The molecule has 0 atom stereocenters. The molecule has 1 fully saturated rings. The maximum absolute atomic E-state index is 12.1. The van der Waals surface area contributed by atoms with Gasteiger partial charge >= 0.3 is 0 Å². The number of rotatable bonds is 9. The van der Waals surface area contributed by atoms with Crippen molar-refractivity contribution in [1.82, 2.24) is 10.2 Å². The van der Waals surface area contributed by atoms with Gasteiger partial charge in [-0.15, -0.1) is 0 Å².